The van der Waals surface area contributed by atoms with Gasteiger partial charge in [-0.25, -0.2) is 4.98 Å². The van der Waals surface area contributed by atoms with Crippen molar-refractivity contribution in [3.63, 3.8) is 0 Å². The van der Waals surface area contributed by atoms with E-state index in [1.165, 1.54) is 49.4 Å². The predicted molar refractivity (Wildman–Crippen MR) is 186 cm³/mol. The van der Waals surface area contributed by atoms with E-state index in [1.54, 1.807) is 0 Å². The molecule has 0 saturated heterocycles. The highest BCUT2D eigenvalue weighted by atomic mass is 16.3. The molecule has 0 unspecified atom stereocenters. The minimum absolute atomic E-state index is 0.840. The maximum atomic E-state index is 6.23. The first kappa shape index (κ1) is 24.3. The fourth-order valence-electron chi connectivity index (χ4n) is 7.14. The second kappa shape index (κ2) is 9.18. The van der Waals surface area contributed by atoms with Gasteiger partial charge in [0.25, 0.3) is 0 Å². The Kier molecular flexibility index (Phi) is 4.96. The van der Waals surface area contributed by atoms with Gasteiger partial charge in [-0.15, -0.1) is 0 Å². The van der Waals surface area contributed by atoms with Crippen molar-refractivity contribution < 1.29 is 4.42 Å². The third kappa shape index (κ3) is 3.51. The van der Waals surface area contributed by atoms with Gasteiger partial charge in [0, 0.05) is 50.3 Å². The highest BCUT2D eigenvalue weighted by Gasteiger charge is 2.17. The first-order chi connectivity index (χ1) is 22.3. The van der Waals surface area contributed by atoms with E-state index in [4.69, 9.17) is 9.40 Å². The van der Waals surface area contributed by atoms with Crippen LogP contribution in [-0.2, 0) is 0 Å². The van der Waals surface area contributed by atoms with E-state index in [0.717, 1.165) is 38.8 Å². The summed E-state index contributed by atoms with van der Waals surface area (Å²) < 4.78 is 10.8. The molecular weight excluding hydrogens is 550 g/mol. The number of hydrogen-bond donors (Lipinski definition) is 0. The third-order valence-corrected chi connectivity index (χ3v) is 9.17. The summed E-state index contributed by atoms with van der Waals surface area (Å²) in [7, 11) is 0. The monoisotopic (exact) mass is 575 g/mol. The largest absolute Gasteiger partial charge is 0.456 e. The fourth-order valence-corrected chi connectivity index (χ4v) is 7.14. The number of fused-ring (bicyclic) bond motifs is 9. The molecule has 0 fully saturated rings. The van der Waals surface area contributed by atoms with E-state index in [0.29, 0.717) is 0 Å². The maximum absolute atomic E-state index is 6.23. The Balaban J connectivity index is 1.17. The zero-order valence-corrected chi connectivity index (χ0v) is 24.2. The molecule has 10 rings (SSSR count). The van der Waals surface area contributed by atoms with Crippen molar-refractivity contribution in [2.24, 2.45) is 0 Å². The average Bonchev–Trinajstić information content (AvgIpc) is 3.75. The van der Waals surface area contributed by atoms with Crippen LogP contribution in [0.5, 0.6) is 0 Å². The zero-order valence-electron chi connectivity index (χ0n) is 24.2. The van der Waals surface area contributed by atoms with E-state index >= 15 is 0 Å². The molecule has 4 heteroatoms. The molecule has 4 aromatic heterocycles. The van der Waals surface area contributed by atoms with Crippen LogP contribution in [0.15, 0.2) is 156 Å². The number of rotatable bonds is 3. The van der Waals surface area contributed by atoms with Gasteiger partial charge >= 0.3 is 0 Å². The van der Waals surface area contributed by atoms with Crippen molar-refractivity contribution in [2.75, 3.05) is 0 Å². The molecule has 0 aliphatic heterocycles. The molecule has 0 aliphatic rings. The summed E-state index contributed by atoms with van der Waals surface area (Å²) >= 11 is 0. The van der Waals surface area contributed by atoms with E-state index in [9.17, 15) is 0 Å². The molecule has 0 atom stereocenters. The van der Waals surface area contributed by atoms with E-state index < -0.39 is 0 Å². The molecular formula is C41H25N3O. The van der Waals surface area contributed by atoms with Crippen LogP contribution in [-0.4, -0.2) is 14.1 Å². The van der Waals surface area contributed by atoms with Crippen LogP contribution >= 0.6 is 0 Å². The van der Waals surface area contributed by atoms with Crippen LogP contribution < -0.4 is 0 Å². The number of furan rings is 1. The minimum Gasteiger partial charge on any atom is -0.456 e. The average molecular weight is 576 g/mol. The number of hydrogen-bond acceptors (Lipinski definition) is 2. The summed E-state index contributed by atoms with van der Waals surface area (Å²) in [5, 5.41) is 7.01. The standard InChI is InChI=1S/C41H25N3O/c1-2-10-28(11-3-1)43-35-15-7-4-12-29(35)32-22-26(18-20-37(32)43)27-19-21-38-33(23-27)30-13-5-8-16-36(30)44(38)41-24-40-34(25-42-41)31-14-6-9-17-39(31)45-40/h1-25H. The molecule has 6 aromatic carbocycles. The van der Waals surface area contributed by atoms with Gasteiger partial charge in [-0.05, 0) is 65.7 Å². The topological polar surface area (TPSA) is 35.9 Å². The molecule has 0 amide bonds. The van der Waals surface area contributed by atoms with Gasteiger partial charge in [0.15, 0.2) is 0 Å². The van der Waals surface area contributed by atoms with Gasteiger partial charge in [0.2, 0.25) is 0 Å². The molecule has 4 nitrogen and oxygen atoms in total. The van der Waals surface area contributed by atoms with Crippen molar-refractivity contribution in [3.05, 3.63) is 152 Å². The highest BCUT2D eigenvalue weighted by molar-refractivity contribution is 6.13. The van der Waals surface area contributed by atoms with Gasteiger partial charge < -0.3 is 8.98 Å². The molecule has 0 radical (unpaired) electrons. The Morgan fingerprint density at radius 3 is 1.67 bits per heavy atom. The molecule has 0 aliphatic carbocycles. The first-order valence-corrected chi connectivity index (χ1v) is 15.2. The molecule has 4 heterocycles. The SMILES string of the molecule is c1ccc(-n2c3ccccc3c3cc(-c4ccc5c(c4)c4ccccc4n5-c4cc5oc6ccccc6c5cn4)ccc32)cc1. The highest BCUT2D eigenvalue weighted by Crippen LogP contribution is 2.38. The van der Waals surface area contributed by atoms with Crippen molar-refractivity contribution >= 4 is 65.6 Å². The Labute approximate surface area is 258 Å². The van der Waals surface area contributed by atoms with Crippen molar-refractivity contribution in [2.45, 2.75) is 0 Å². The van der Waals surface area contributed by atoms with Crippen LogP contribution in [0.2, 0.25) is 0 Å². The lowest BCUT2D eigenvalue weighted by Crippen LogP contribution is -1.96. The van der Waals surface area contributed by atoms with Crippen LogP contribution in [0.4, 0.5) is 0 Å². The van der Waals surface area contributed by atoms with Gasteiger partial charge in [-0.1, -0.05) is 84.9 Å². The molecule has 10 aromatic rings. The van der Waals surface area contributed by atoms with Crippen LogP contribution in [0.25, 0.3) is 88.2 Å². The Morgan fingerprint density at radius 1 is 0.400 bits per heavy atom. The van der Waals surface area contributed by atoms with Gasteiger partial charge in [-0.3, -0.25) is 4.57 Å². The van der Waals surface area contributed by atoms with Gasteiger partial charge in [0.1, 0.15) is 17.0 Å². The van der Waals surface area contributed by atoms with Gasteiger partial charge in [-0.2, -0.15) is 0 Å². The number of pyridine rings is 1. The molecule has 0 saturated carbocycles. The second-order valence-electron chi connectivity index (χ2n) is 11.6. The smallest absolute Gasteiger partial charge is 0.141 e. The Hall–Kier alpha value is -6.13. The molecule has 210 valence electrons. The fraction of sp³-hybridized carbons (Fsp3) is 0. The van der Waals surface area contributed by atoms with Crippen LogP contribution in [0.1, 0.15) is 0 Å². The third-order valence-electron chi connectivity index (χ3n) is 9.17. The van der Waals surface area contributed by atoms with Crippen molar-refractivity contribution in [3.8, 4) is 22.6 Å². The van der Waals surface area contributed by atoms with Crippen LogP contribution in [0, 0.1) is 0 Å². The number of para-hydroxylation sites is 4. The maximum Gasteiger partial charge on any atom is 0.141 e. The predicted octanol–water partition coefficient (Wildman–Crippen LogP) is 10.8. The minimum atomic E-state index is 0.840. The van der Waals surface area contributed by atoms with Crippen molar-refractivity contribution in [1.82, 2.24) is 14.1 Å². The lowest BCUT2D eigenvalue weighted by Gasteiger charge is -2.09. The Morgan fingerprint density at radius 2 is 0.956 bits per heavy atom. The number of nitrogens with zero attached hydrogens (tertiary/aromatic N) is 3. The summed E-state index contributed by atoms with van der Waals surface area (Å²) in [5.41, 5.74) is 9.91. The van der Waals surface area contributed by atoms with Crippen molar-refractivity contribution in [1.29, 1.82) is 0 Å². The summed E-state index contributed by atoms with van der Waals surface area (Å²) in [6, 6.07) is 51.7. The quantitative estimate of drug-likeness (QED) is 0.210. The van der Waals surface area contributed by atoms with Gasteiger partial charge in [0.05, 0.1) is 22.1 Å². The van der Waals surface area contributed by atoms with Crippen LogP contribution in [0.3, 0.4) is 0 Å². The molecule has 45 heavy (non-hydrogen) atoms. The summed E-state index contributed by atoms with van der Waals surface area (Å²) in [4.78, 5) is 4.94. The van der Waals surface area contributed by atoms with E-state index in [-0.39, 0.29) is 0 Å². The second-order valence-corrected chi connectivity index (χ2v) is 11.6. The summed E-state index contributed by atoms with van der Waals surface area (Å²) in [5.74, 6) is 0.843. The molecule has 0 N–H and O–H groups in total. The Bertz CT molecular complexity index is 2760. The first-order valence-electron chi connectivity index (χ1n) is 15.2. The molecule has 0 bridgehead atoms. The number of aromatic nitrogens is 3. The normalized spacial score (nSPS) is 12.0. The summed E-state index contributed by atoms with van der Waals surface area (Å²) in [6.07, 6.45) is 1.94. The number of benzene rings is 6. The summed E-state index contributed by atoms with van der Waals surface area (Å²) in [6.45, 7) is 0. The zero-order chi connectivity index (χ0) is 29.5. The lowest BCUT2D eigenvalue weighted by molar-refractivity contribution is 0.668. The van der Waals surface area contributed by atoms with E-state index in [2.05, 4.69) is 137 Å². The lowest BCUT2D eigenvalue weighted by atomic mass is 10.0. The van der Waals surface area contributed by atoms with E-state index in [1.807, 2.05) is 24.4 Å². The molecule has 0 spiro atoms.